The van der Waals surface area contributed by atoms with Gasteiger partial charge in [-0.1, -0.05) is 37.3 Å². The van der Waals surface area contributed by atoms with Gasteiger partial charge in [-0.3, -0.25) is 9.89 Å². The van der Waals surface area contributed by atoms with Crippen molar-refractivity contribution in [2.45, 2.75) is 32.2 Å². The third-order valence-corrected chi connectivity index (χ3v) is 6.36. The number of hydrogen-bond donors (Lipinski definition) is 1. The Morgan fingerprint density at radius 2 is 1.82 bits per heavy atom. The molecule has 2 saturated heterocycles. The van der Waals surface area contributed by atoms with E-state index in [1.165, 1.54) is 25.1 Å². The van der Waals surface area contributed by atoms with E-state index in [1.54, 1.807) is 0 Å². The summed E-state index contributed by atoms with van der Waals surface area (Å²) in [6.07, 6.45) is 1.19. The molecule has 0 bridgehead atoms. The average Bonchev–Trinajstić information content (AvgIpc) is 2.69. The molecule has 28 heavy (non-hydrogen) atoms. The molecule has 0 aliphatic carbocycles. The summed E-state index contributed by atoms with van der Waals surface area (Å²) in [4.78, 5) is 12.0. The standard InChI is InChI=1S/C22H37N5.HI/c1-18-17-27(11-10-21(18)20-8-6-5-7-9-20)22(23-3)24-16-19(2)26-14-12-25(4)13-15-26;/h5-9,18-19,21H,10-17H2,1-4H3,(H,23,24);1H. The first-order valence-electron chi connectivity index (χ1n) is 10.5. The van der Waals surface area contributed by atoms with E-state index in [2.05, 4.69) is 76.2 Å². The molecular formula is C22H38IN5. The van der Waals surface area contributed by atoms with Crippen LogP contribution in [-0.4, -0.2) is 86.6 Å². The summed E-state index contributed by atoms with van der Waals surface area (Å²) in [5.74, 6) is 2.36. The number of hydrogen-bond acceptors (Lipinski definition) is 3. The van der Waals surface area contributed by atoms with E-state index in [0.717, 1.165) is 38.7 Å². The molecule has 5 nitrogen and oxygen atoms in total. The molecule has 2 heterocycles. The molecule has 0 amide bonds. The van der Waals surface area contributed by atoms with Gasteiger partial charge >= 0.3 is 0 Å². The molecule has 3 unspecified atom stereocenters. The maximum atomic E-state index is 4.58. The summed E-state index contributed by atoms with van der Waals surface area (Å²) >= 11 is 0. The summed E-state index contributed by atoms with van der Waals surface area (Å²) in [7, 11) is 4.12. The highest BCUT2D eigenvalue weighted by molar-refractivity contribution is 14.0. The first kappa shape index (κ1) is 23.4. The summed E-state index contributed by atoms with van der Waals surface area (Å²) in [5, 5.41) is 3.64. The number of likely N-dealkylation sites (tertiary alicyclic amines) is 1. The minimum atomic E-state index is 0. The normalized spacial score (nSPS) is 25.9. The number of nitrogens with one attached hydrogen (secondary N) is 1. The van der Waals surface area contributed by atoms with Crippen LogP contribution < -0.4 is 5.32 Å². The highest BCUT2D eigenvalue weighted by atomic mass is 127. The lowest BCUT2D eigenvalue weighted by molar-refractivity contribution is 0.119. The molecule has 0 radical (unpaired) electrons. The lowest BCUT2D eigenvalue weighted by Crippen LogP contribution is -2.54. The lowest BCUT2D eigenvalue weighted by atomic mass is 9.82. The van der Waals surface area contributed by atoms with Gasteiger partial charge in [0.05, 0.1) is 0 Å². The minimum absolute atomic E-state index is 0. The first-order chi connectivity index (χ1) is 13.1. The third-order valence-electron chi connectivity index (χ3n) is 6.36. The molecule has 2 aliphatic heterocycles. The number of piperazine rings is 1. The Bertz CT molecular complexity index is 600. The van der Waals surface area contributed by atoms with Gasteiger partial charge in [0, 0.05) is 58.9 Å². The van der Waals surface area contributed by atoms with E-state index in [0.29, 0.717) is 17.9 Å². The molecule has 2 fully saturated rings. The number of rotatable bonds is 4. The molecule has 1 aromatic carbocycles. The zero-order valence-electron chi connectivity index (χ0n) is 18.0. The predicted molar refractivity (Wildman–Crippen MR) is 130 cm³/mol. The van der Waals surface area contributed by atoms with E-state index in [1.807, 2.05) is 7.05 Å². The van der Waals surface area contributed by atoms with Crippen molar-refractivity contribution in [3.05, 3.63) is 35.9 Å². The van der Waals surface area contributed by atoms with Crippen LogP contribution in [0.3, 0.4) is 0 Å². The quantitative estimate of drug-likeness (QED) is 0.393. The molecule has 0 spiro atoms. The Balaban J connectivity index is 0.00000280. The smallest absolute Gasteiger partial charge is 0.193 e. The van der Waals surface area contributed by atoms with Crippen LogP contribution >= 0.6 is 24.0 Å². The molecule has 1 aromatic rings. The van der Waals surface area contributed by atoms with Crippen LogP contribution in [0.1, 0.15) is 31.7 Å². The average molecular weight is 499 g/mol. The van der Waals surface area contributed by atoms with Crippen molar-refractivity contribution in [3.63, 3.8) is 0 Å². The van der Waals surface area contributed by atoms with Gasteiger partial charge in [0.1, 0.15) is 0 Å². The van der Waals surface area contributed by atoms with Gasteiger partial charge in [-0.15, -0.1) is 24.0 Å². The number of likely N-dealkylation sites (N-methyl/N-ethyl adjacent to an activating group) is 1. The van der Waals surface area contributed by atoms with Crippen molar-refractivity contribution in [1.29, 1.82) is 0 Å². The van der Waals surface area contributed by atoms with E-state index in [-0.39, 0.29) is 24.0 Å². The SMILES string of the molecule is CN=C(NCC(C)N1CCN(C)CC1)N1CCC(c2ccccc2)C(C)C1.I. The Kier molecular flexibility index (Phi) is 9.50. The Morgan fingerprint density at radius 1 is 1.14 bits per heavy atom. The molecule has 1 N–H and O–H groups in total. The number of nitrogens with zero attached hydrogens (tertiary/aromatic N) is 4. The van der Waals surface area contributed by atoms with E-state index in [4.69, 9.17) is 0 Å². The minimum Gasteiger partial charge on any atom is -0.355 e. The van der Waals surface area contributed by atoms with E-state index >= 15 is 0 Å². The first-order valence-corrected chi connectivity index (χ1v) is 10.5. The fourth-order valence-electron chi connectivity index (χ4n) is 4.50. The molecule has 0 aromatic heterocycles. The Hall–Kier alpha value is -0.860. The molecule has 2 aliphatic rings. The zero-order chi connectivity index (χ0) is 19.2. The molecule has 3 rings (SSSR count). The molecular weight excluding hydrogens is 461 g/mol. The Labute approximate surface area is 188 Å². The van der Waals surface area contributed by atoms with Gasteiger partial charge in [0.25, 0.3) is 0 Å². The van der Waals surface area contributed by atoms with E-state index < -0.39 is 0 Å². The number of piperidine rings is 1. The van der Waals surface area contributed by atoms with Gasteiger partial charge in [0.15, 0.2) is 5.96 Å². The number of aliphatic imine (C=N–C) groups is 1. The van der Waals surface area contributed by atoms with Crippen LogP contribution in [0.25, 0.3) is 0 Å². The second-order valence-corrected chi connectivity index (χ2v) is 8.35. The highest BCUT2D eigenvalue weighted by Crippen LogP contribution is 2.32. The van der Waals surface area contributed by atoms with Gasteiger partial charge in [-0.25, -0.2) is 0 Å². The highest BCUT2D eigenvalue weighted by Gasteiger charge is 2.29. The maximum absolute atomic E-state index is 4.58. The van der Waals surface area contributed by atoms with Gasteiger partial charge < -0.3 is 15.1 Å². The van der Waals surface area contributed by atoms with Gasteiger partial charge in [-0.2, -0.15) is 0 Å². The Morgan fingerprint density at radius 3 is 2.43 bits per heavy atom. The van der Waals surface area contributed by atoms with Crippen molar-refractivity contribution in [3.8, 4) is 0 Å². The van der Waals surface area contributed by atoms with Crippen LogP contribution in [0.5, 0.6) is 0 Å². The van der Waals surface area contributed by atoms with Crippen molar-refractivity contribution in [1.82, 2.24) is 20.0 Å². The zero-order valence-corrected chi connectivity index (χ0v) is 20.3. The second-order valence-electron chi connectivity index (χ2n) is 8.35. The summed E-state index contributed by atoms with van der Waals surface area (Å²) < 4.78 is 0. The molecule has 3 atom stereocenters. The summed E-state index contributed by atoms with van der Waals surface area (Å²) in [6, 6.07) is 11.5. The fraction of sp³-hybridized carbons (Fsp3) is 0.682. The van der Waals surface area contributed by atoms with Crippen molar-refractivity contribution in [2.75, 3.05) is 59.9 Å². The van der Waals surface area contributed by atoms with Crippen molar-refractivity contribution >= 4 is 29.9 Å². The van der Waals surface area contributed by atoms with E-state index in [9.17, 15) is 0 Å². The van der Waals surface area contributed by atoms with Crippen molar-refractivity contribution < 1.29 is 0 Å². The predicted octanol–water partition coefficient (Wildman–Crippen LogP) is 2.94. The van der Waals surface area contributed by atoms with Crippen LogP contribution in [0.15, 0.2) is 35.3 Å². The lowest BCUT2D eigenvalue weighted by Gasteiger charge is -2.40. The molecule has 158 valence electrons. The van der Waals surface area contributed by atoms with Gasteiger partial charge in [0.2, 0.25) is 0 Å². The summed E-state index contributed by atoms with van der Waals surface area (Å²) in [5.41, 5.74) is 1.48. The number of halogens is 1. The van der Waals surface area contributed by atoms with Crippen LogP contribution in [0.4, 0.5) is 0 Å². The molecule has 6 heteroatoms. The summed E-state index contributed by atoms with van der Waals surface area (Å²) in [6.45, 7) is 12.5. The maximum Gasteiger partial charge on any atom is 0.193 e. The number of benzene rings is 1. The largest absolute Gasteiger partial charge is 0.355 e. The number of guanidine groups is 1. The molecule has 0 saturated carbocycles. The third kappa shape index (κ3) is 6.07. The fourth-order valence-corrected chi connectivity index (χ4v) is 4.50. The topological polar surface area (TPSA) is 34.1 Å². The van der Waals surface area contributed by atoms with Crippen molar-refractivity contribution in [2.24, 2.45) is 10.9 Å². The van der Waals surface area contributed by atoms with Crippen LogP contribution in [-0.2, 0) is 0 Å². The monoisotopic (exact) mass is 499 g/mol. The second kappa shape index (κ2) is 11.4. The van der Waals surface area contributed by atoms with Gasteiger partial charge in [-0.05, 0) is 37.8 Å². The van der Waals surface area contributed by atoms with Crippen LogP contribution in [0.2, 0.25) is 0 Å². The van der Waals surface area contributed by atoms with Crippen LogP contribution in [0, 0.1) is 5.92 Å².